The number of rotatable bonds is 4. The fourth-order valence-corrected chi connectivity index (χ4v) is 3.08. The van der Waals surface area contributed by atoms with E-state index in [1.807, 2.05) is 0 Å². The van der Waals surface area contributed by atoms with Crippen LogP contribution < -0.4 is 5.32 Å². The maximum atomic E-state index is 12.0. The highest BCUT2D eigenvalue weighted by atomic mass is 16.2. The number of benzene rings is 1. The van der Waals surface area contributed by atoms with Crippen molar-refractivity contribution in [3.05, 3.63) is 35.9 Å². The summed E-state index contributed by atoms with van der Waals surface area (Å²) in [4.78, 5) is 14.4. The predicted molar refractivity (Wildman–Crippen MR) is 78.1 cm³/mol. The van der Waals surface area contributed by atoms with Gasteiger partial charge in [0.15, 0.2) is 0 Å². The molecule has 0 saturated carbocycles. The maximum Gasteiger partial charge on any atom is 0.237 e. The number of likely N-dealkylation sites (tertiary alicyclic amines) is 1. The summed E-state index contributed by atoms with van der Waals surface area (Å²) in [5, 5.41) is 2.80. The molecule has 3 nitrogen and oxygen atoms in total. The SMILES string of the molecule is CNC(=O)C(C(C)C)N1CCC(c2ccccc2)C1. The lowest BCUT2D eigenvalue weighted by Crippen LogP contribution is -2.48. The topological polar surface area (TPSA) is 32.3 Å². The molecule has 0 aliphatic carbocycles. The van der Waals surface area contributed by atoms with E-state index in [4.69, 9.17) is 0 Å². The van der Waals surface area contributed by atoms with Crippen molar-refractivity contribution in [3.8, 4) is 0 Å². The molecule has 2 atom stereocenters. The Morgan fingerprint density at radius 2 is 2.00 bits per heavy atom. The summed E-state index contributed by atoms with van der Waals surface area (Å²) >= 11 is 0. The Kier molecular flexibility index (Phi) is 4.59. The van der Waals surface area contributed by atoms with Crippen LogP contribution in [0.2, 0.25) is 0 Å². The van der Waals surface area contributed by atoms with E-state index in [-0.39, 0.29) is 11.9 Å². The lowest BCUT2D eigenvalue weighted by atomic mass is 9.98. The lowest BCUT2D eigenvalue weighted by Gasteiger charge is -2.29. The van der Waals surface area contributed by atoms with Crippen LogP contribution in [0, 0.1) is 5.92 Å². The third-order valence-corrected chi connectivity index (χ3v) is 4.03. The monoisotopic (exact) mass is 260 g/mol. The summed E-state index contributed by atoms with van der Waals surface area (Å²) in [6, 6.07) is 10.6. The van der Waals surface area contributed by atoms with Crippen LogP contribution >= 0.6 is 0 Å². The largest absolute Gasteiger partial charge is 0.358 e. The Labute approximate surface area is 116 Å². The highest BCUT2D eigenvalue weighted by molar-refractivity contribution is 5.81. The number of hydrogen-bond acceptors (Lipinski definition) is 2. The number of nitrogens with zero attached hydrogens (tertiary/aromatic N) is 1. The van der Waals surface area contributed by atoms with E-state index in [9.17, 15) is 4.79 Å². The van der Waals surface area contributed by atoms with Crippen molar-refractivity contribution in [1.82, 2.24) is 10.2 Å². The predicted octanol–water partition coefficient (Wildman–Crippen LogP) is 2.25. The molecule has 1 fully saturated rings. The molecular formula is C16H24N2O. The van der Waals surface area contributed by atoms with Gasteiger partial charge in [-0.25, -0.2) is 0 Å². The van der Waals surface area contributed by atoms with Crippen molar-refractivity contribution >= 4 is 5.91 Å². The van der Waals surface area contributed by atoms with Crippen molar-refractivity contribution in [2.45, 2.75) is 32.2 Å². The second-order valence-electron chi connectivity index (χ2n) is 5.69. The van der Waals surface area contributed by atoms with E-state index in [2.05, 4.69) is 54.4 Å². The van der Waals surface area contributed by atoms with Crippen LogP contribution in [0.5, 0.6) is 0 Å². The first kappa shape index (κ1) is 14.1. The number of likely N-dealkylation sites (N-methyl/N-ethyl adjacent to an activating group) is 1. The normalized spacial score (nSPS) is 21.6. The van der Waals surface area contributed by atoms with Crippen LogP contribution in [-0.4, -0.2) is 37.0 Å². The van der Waals surface area contributed by atoms with Gasteiger partial charge in [0.05, 0.1) is 6.04 Å². The highest BCUT2D eigenvalue weighted by Gasteiger charge is 2.34. The van der Waals surface area contributed by atoms with Gasteiger partial charge in [0.2, 0.25) is 5.91 Å². The second-order valence-corrected chi connectivity index (χ2v) is 5.69. The van der Waals surface area contributed by atoms with Gasteiger partial charge in [0.25, 0.3) is 0 Å². The summed E-state index contributed by atoms with van der Waals surface area (Å²) < 4.78 is 0. The summed E-state index contributed by atoms with van der Waals surface area (Å²) in [6.45, 7) is 6.24. The van der Waals surface area contributed by atoms with Gasteiger partial charge in [-0.2, -0.15) is 0 Å². The highest BCUT2D eigenvalue weighted by Crippen LogP contribution is 2.29. The Bertz CT molecular complexity index is 416. The van der Waals surface area contributed by atoms with Crippen LogP contribution in [0.3, 0.4) is 0 Å². The Morgan fingerprint density at radius 1 is 1.32 bits per heavy atom. The molecule has 1 aromatic carbocycles. The molecule has 0 spiro atoms. The fourth-order valence-electron chi connectivity index (χ4n) is 3.08. The lowest BCUT2D eigenvalue weighted by molar-refractivity contribution is -0.127. The van der Waals surface area contributed by atoms with E-state index >= 15 is 0 Å². The zero-order valence-corrected chi connectivity index (χ0v) is 12.1. The molecule has 3 heteroatoms. The van der Waals surface area contributed by atoms with Crippen LogP contribution in [-0.2, 0) is 4.79 Å². The van der Waals surface area contributed by atoms with Crippen molar-refractivity contribution in [1.29, 1.82) is 0 Å². The first-order valence-electron chi connectivity index (χ1n) is 7.14. The Balaban J connectivity index is 2.06. The van der Waals surface area contributed by atoms with E-state index < -0.39 is 0 Å². The standard InChI is InChI=1S/C16H24N2O/c1-12(2)15(16(19)17-3)18-10-9-14(11-18)13-7-5-4-6-8-13/h4-8,12,14-15H,9-11H2,1-3H3,(H,17,19). The van der Waals surface area contributed by atoms with Crippen molar-refractivity contribution in [2.75, 3.05) is 20.1 Å². The molecule has 2 unspecified atom stereocenters. The zero-order chi connectivity index (χ0) is 13.8. The molecule has 0 aromatic heterocycles. The summed E-state index contributed by atoms with van der Waals surface area (Å²) in [6.07, 6.45) is 1.14. The van der Waals surface area contributed by atoms with Gasteiger partial charge in [-0.05, 0) is 30.4 Å². The van der Waals surface area contributed by atoms with Gasteiger partial charge >= 0.3 is 0 Å². The summed E-state index contributed by atoms with van der Waals surface area (Å²) in [5.74, 6) is 1.05. The third kappa shape index (κ3) is 3.16. The fraction of sp³-hybridized carbons (Fsp3) is 0.562. The van der Waals surface area contributed by atoms with Crippen molar-refractivity contribution in [3.63, 3.8) is 0 Å². The van der Waals surface area contributed by atoms with Gasteiger partial charge in [-0.15, -0.1) is 0 Å². The van der Waals surface area contributed by atoms with Gasteiger partial charge < -0.3 is 5.32 Å². The quantitative estimate of drug-likeness (QED) is 0.900. The number of carbonyl (C=O) groups is 1. The Morgan fingerprint density at radius 3 is 2.58 bits per heavy atom. The van der Waals surface area contributed by atoms with E-state index in [0.717, 1.165) is 19.5 Å². The molecule has 0 bridgehead atoms. The molecule has 0 radical (unpaired) electrons. The molecule has 1 aromatic rings. The Hall–Kier alpha value is -1.35. The summed E-state index contributed by atoms with van der Waals surface area (Å²) in [5.41, 5.74) is 1.39. The first-order valence-corrected chi connectivity index (χ1v) is 7.14. The number of amides is 1. The minimum absolute atomic E-state index is 0.00119. The van der Waals surface area contributed by atoms with Gasteiger partial charge in [0.1, 0.15) is 0 Å². The molecule has 2 rings (SSSR count). The molecular weight excluding hydrogens is 236 g/mol. The van der Waals surface area contributed by atoms with E-state index in [1.54, 1.807) is 7.05 Å². The van der Waals surface area contributed by atoms with Crippen LogP contribution in [0.25, 0.3) is 0 Å². The number of nitrogens with one attached hydrogen (secondary N) is 1. The third-order valence-electron chi connectivity index (χ3n) is 4.03. The average molecular weight is 260 g/mol. The van der Waals surface area contributed by atoms with Crippen molar-refractivity contribution in [2.24, 2.45) is 5.92 Å². The van der Waals surface area contributed by atoms with Gasteiger partial charge in [-0.1, -0.05) is 44.2 Å². The number of hydrogen-bond donors (Lipinski definition) is 1. The molecule has 1 heterocycles. The molecule has 1 N–H and O–H groups in total. The molecule has 1 saturated heterocycles. The van der Waals surface area contributed by atoms with Crippen LogP contribution in [0.4, 0.5) is 0 Å². The van der Waals surface area contributed by atoms with Crippen LogP contribution in [0.15, 0.2) is 30.3 Å². The van der Waals surface area contributed by atoms with Crippen molar-refractivity contribution < 1.29 is 4.79 Å². The molecule has 1 aliphatic heterocycles. The maximum absolute atomic E-state index is 12.0. The van der Waals surface area contributed by atoms with Gasteiger partial charge in [-0.3, -0.25) is 9.69 Å². The zero-order valence-electron chi connectivity index (χ0n) is 12.1. The average Bonchev–Trinajstić information content (AvgIpc) is 2.88. The van der Waals surface area contributed by atoms with Crippen LogP contribution in [0.1, 0.15) is 31.7 Å². The number of carbonyl (C=O) groups excluding carboxylic acids is 1. The minimum atomic E-state index is -0.00119. The molecule has 104 valence electrons. The smallest absolute Gasteiger partial charge is 0.237 e. The van der Waals surface area contributed by atoms with E-state index in [0.29, 0.717) is 11.8 Å². The molecule has 1 aliphatic rings. The first-order chi connectivity index (χ1) is 9.13. The second kappa shape index (κ2) is 6.20. The van der Waals surface area contributed by atoms with Gasteiger partial charge in [0, 0.05) is 13.6 Å². The minimum Gasteiger partial charge on any atom is -0.358 e. The van der Waals surface area contributed by atoms with E-state index in [1.165, 1.54) is 5.56 Å². The summed E-state index contributed by atoms with van der Waals surface area (Å²) in [7, 11) is 1.72. The molecule has 1 amide bonds. The molecule has 19 heavy (non-hydrogen) atoms.